The van der Waals surface area contributed by atoms with Crippen molar-refractivity contribution in [2.45, 2.75) is 31.8 Å². The second-order valence-corrected chi connectivity index (χ2v) is 8.43. The number of halogens is 1. The van der Waals surface area contributed by atoms with Crippen LogP contribution in [0.25, 0.3) is 6.08 Å². The molecule has 2 heterocycles. The second-order valence-electron chi connectivity index (χ2n) is 8.43. The van der Waals surface area contributed by atoms with Crippen LogP contribution in [-0.2, 0) is 0 Å². The average Bonchev–Trinajstić information content (AvgIpc) is 3.36. The number of amides is 1. The number of likely N-dealkylation sites (tertiary alicyclic amines) is 2. The van der Waals surface area contributed by atoms with Gasteiger partial charge in [0.25, 0.3) is 5.91 Å². The van der Waals surface area contributed by atoms with Crippen LogP contribution in [0, 0.1) is 5.82 Å². The Kier molecular flexibility index (Phi) is 7.43. The number of methoxy groups -OCH3 is 1. The summed E-state index contributed by atoms with van der Waals surface area (Å²) >= 11 is 0. The largest absolute Gasteiger partial charge is 0.497 e. The zero-order valence-corrected chi connectivity index (χ0v) is 18.6. The van der Waals surface area contributed by atoms with Crippen molar-refractivity contribution in [3.63, 3.8) is 0 Å². The van der Waals surface area contributed by atoms with Gasteiger partial charge in [0.2, 0.25) is 0 Å². The van der Waals surface area contributed by atoms with E-state index in [-0.39, 0.29) is 17.8 Å². The standard InChI is InChI=1S/C26H31FN2O3/c1-31-23-10-11-24(26(30)29-15-2-3-16-29)25(19-23)32-22-12-17-28(18-13-22)14-4-5-20-6-8-21(27)9-7-20/h4-11,19,22H,2-3,12-18H2,1H3. The molecule has 5 nitrogen and oxygen atoms in total. The molecule has 0 spiro atoms. The molecule has 0 N–H and O–H groups in total. The van der Waals surface area contributed by atoms with Gasteiger partial charge in [-0.3, -0.25) is 9.69 Å². The first kappa shape index (κ1) is 22.3. The number of benzene rings is 2. The van der Waals surface area contributed by atoms with E-state index < -0.39 is 0 Å². The predicted octanol–water partition coefficient (Wildman–Crippen LogP) is 4.63. The van der Waals surface area contributed by atoms with Crippen LogP contribution >= 0.6 is 0 Å². The minimum Gasteiger partial charge on any atom is -0.497 e. The first-order valence-electron chi connectivity index (χ1n) is 11.4. The third-order valence-corrected chi connectivity index (χ3v) is 6.18. The summed E-state index contributed by atoms with van der Waals surface area (Å²) in [6.45, 7) is 4.33. The van der Waals surface area contributed by atoms with Crippen LogP contribution in [0.5, 0.6) is 11.5 Å². The van der Waals surface area contributed by atoms with Crippen LogP contribution in [0.3, 0.4) is 0 Å². The number of piperidine rings is 1. The molecule has 2 aliphatic heterocycles. The molecule has 2 aromatic carbocycles. The van der Waals surface area contributed by atoms with Gasteiger partial charge in [-0.2, -0.15) is 0 Å². The number of carbonyl (C=O) groups excluding carboxylic acids is 1. The highest BCUT2D eigenvalue weighted by Crippen LogP contribution is 2.29. The van der Waals surface area contributed by atoms with Crippen molar-refractivity contribution in [1.82, 2.24) is 9.80 Å². The predicted molar refractivity (Wildman–Crippen MR) is 124 cm³/mol. The zero-order chi connectivity index (χ0) is 22.3. The van der Waals surface area contributed by atoms with E-state index in [1.54, 1.807) is 19.2 Å². The molecule has 1 amide bonds. The third kappa shape index (κ3) is 5.68. The Morgan fingerprint density at radius 2 is 1.78 bits per heavy atom. The highest BCUT2D eigenvalue weighted by atomic mass is 19.1. The number of nitrogens with zero attached hydrogens (tertiary/aromatic N) is 2. The summed E-state index contributed by atoms with van der Waals surface area (Å²) in [6, 6.07) is 12.0. The summed E-state index contributed by atoms with van der Waals surface area (Å²) in [5, 5.41) is 0. The molecule has 2 fully saturated rings. The lowest BCUT2D eigenvalue weighted by Gasteiger charge is -2.32. The van der Waals surface area contributed by atoms with E-state index in [4.69, 9.17) is 9.47 Å². The van der Waals surface area contributed by atoms with Gasteiger partial charge in [0, 0.05) is 38.8 Å². The molecular weight excluding hydrogens is 407 g/mol. The van der Waals surface area contributed by atoms with E-state index >= 15 is 0 Å². The van der Waals surface area contributed by atoms with Gasteiger partial charge in [0.05, 0.1) is 12.7 Å². The Morgan fingerprint density at radius 3 is 2.47 bits per heavy atom. The smallest absolute Gasteiger partial charge is 0.257 e. The normalized spacial score (nSPS) is 17.8. The molecule has 0 aromatic heterocycles. The fourth-order valence-corrected chi connectivity index (χ4v) is 4.30. The Bertz CT molecular complexity index is 931. The summed E-state index contributed by atoms with van der Waals surface area (Å²) in [4.78, 5) is 17.3. The lowest BCUT2D eigenvalue weighted by molar-refractivity contribution is 0.0771. The summed E-state index contributed by atoms with van der Waals surface area (Å²) in [5.41, 5.74) is 1.62. The molecule has 2 saturated heterocycles. The SMILES string of the molecule is COc1ccc(C(=O)N2CCCC2)c(OC2CCN(CC=Cc3ccc(F)cc3)CC2)c1. The van der Waals surface area contributed by atoms with Crippen LogP contribution < -0.4 is 9.47 Å². The molecule has 32 heavy (non-hydrogen) atoms. The number of ether oxygens (including phenoxy) is 2. The van der Waals surface area contributed by atoms with E-state index in [0.29, 0.717) is 17.1 Å². The summed E-state index contributed by atoms with van der Waals surface area (Å²) in [6.07, 6.45) is 8.14. The molecule has 0 unspecified atom stereocenters. The van der Waals surface area contributed by atoms with Crippen molar-refractivity contribution in [2.24, 2.45) is 0 Å². The molecule has 2 aliphatic rings. The van der Waals surface area contributed by atoms with Crippen molar-refractivity contribution < 1.29 is 18.7 Å². The van der Waals surface area contributed by atoms with Crippen LogP contribution in [0.4, 0.5) is 4.39 Å². The van der Waals surface area contributed by atoms with Crippen LogP contribution in [0.1, 0.15) is 41.6 Å². The monoisotopic (exact) mass is 438 g/mol. The lowest BCUT2D eigenvalue weighted by atomic mass is 10.1. The highest BCUT2D eigenvalue weighted by Gasteiger charge is 2.26. The number of hydrogen-bond acceptors (Lipinski definition) is 4. The third-order valence-electron chi connectivity index (χ3n) is 6.18. The fraction of sp³-hybridized carbons (Fsp3) is 0.423. The molecular formula is C26H31FN2O3. The van der Waals surface area contributed by atoms with E-state index in [1.807, 2.05) is 29.2 Å². The summed E-state index contributed by atoms with van der Waals surface area (Å²) in [5.74, 6) is 1.14. The Morgan fingerprint density at radius 1 is 1.06 bits per heavy atom. The molecule has 6 heteroatoms. The van der Waals surface area contributed by atoms with Crippen LogP contribution in [0.15, 0.2) is 48.5 Å². The van der Waals surface area contributed by atoms with Crippen molar-refractivity contribution in [2.75, 3.05) is 39.8 Å². The van der Waals surface area contributed by atoms with E-state index in [2.05, 4.69) is 11.0 Å². The Hall–Kier alpha value is -2.86. The van der Waals surface area contributed by atoms with Gasteiger partial charge in [0.1, 0.15) is 23.4 Å². The maximum absolute atomic E-state index is 13.0. The topological polar surface area (TPSA) is 42.0 Å². The van der Waals surface area contributed by atoms with Gasteiger partial charge >= 0.3 is 0 Å². The fourth-order valence-electron chi connectivity index (χ4n) is 4.30. The van der Waals surface area contributed by atoms with E-state index in [0.717, 1.165) is 64.0 Å². The van der Waals surface area contributed by atoms with Crippen LogP contribution in [0.2, 0.25) is 0 Å². The molecule has 170 valence electrons. The maximum atomic E-state index is 13.0. The van der Waals surface area contributed by atoms with Crippen molar-refractivity contribution in [3.8, 4) is 11.5 Å². The van der Waals surface area contributed by atoms with E-state index in [1.165, 1.54) is 12.1 Å². The average molecular weight is 439 g/mol. The van der Waals surface area contributed by atoms with Gasteiger partial charge in [-0.15, -0.1) is 0 Å². The molecule has 0 bridgehead atoms. The molecule has 2 aromatic rings. The second kappa shape index (κ2) is 10.6. The summed E-state index contributed by atoms with van der Waals surface area (Å²) in [7, 11) is 1.62. The van der Waals surface area contributed by atoms with Crippen molar-refractivity contribution in [1.29, 1.82) is 0 Å². The first-order valence-corrected chi connectivity index (χ1v) is 11.4. The maximum Gasteiger partial charge on any atom is 0.257 e. The Labute approximate surface area is 189 Å². The molecule has 0 saturated carbocycles. The minimum atomic E-state index is -0.217. The molecule has 0 aliphatic carbocycles. The van der Waals surface area contributed by atoms with Gasteiger partial charge in [-0.05, 0) is 55.5 Å². The van der Waals surface area contributed by atoms with Gasteiger partial charge in [-0.25, -0.2) is 4.39 Å². The molecule has 0 atom stereocenters. The van der Waals surface area contributed by atoms with Crippen LogP contribution in [-0.4, -0.2) is 61.6 Å². The first-order chi connectivity index (χ1) is 15.6. The Balaban J connectivity index is 1.33. The van der Waals surface area contributed by atoms with Crippen molar-refractivity contribution >= 4 is 12.0 Å². The number of hydrogen-bond donors (Lipinski definition) is 0. The lowest BCUT2D eigenvalue weighted by Crippen LogP contribution is -2.38. The number of rotatable bonds is 7. The van der Waals surface area contributed by atoms with Crippen molar-refractivity contribution in [3.05, 3.63) is 65.5 Å². The quantitative estimate of drug-likeness (QED) is 0.632. The summed E-state index contributed by atoms with van der Waals surface area (Å²) < 4.78 is 24.7. The molecule has 0 radical (unpaired) electrons. The van der Waals surface area contributed by atoms with Gasteiger partial charge in [-0.1, -0.05) is 24.3 Å². The number of carbonyl (C=O) groups is 1. The highest BCUT2D eigenvalue weighted by molar-refractivity contribution is 5.97. The van der Waals surface area contributed by atoms with Gasteiger partial charge in [0.15, 0.2) is 0 Å². The minimum absolute atomic E-state index is 0.0449. The van der Waals surface area contributed by atoms with E-state index in [9.17, 15) is 9.18 Å². The zero-order valence-electron chi connectivity index (χ0n) is 18.6. The van der Waals surface area contributed by atoms with Gasteiger partial charge < -0.3 is 14.4 Å². The molecule has 4 rings (SSSR count).